The molecule has 12 rings (SSSR count). The summed E-state index contributed by atoms with van der Waals surface area (Å²) in [5.74, 6) is 0. The zero-order valence-corrected chi connectivity index (χ0v) is 40.7. The highest BCUT2D eigenvalue weighted by atomic mass is 31.1. The van der Waals surface area contributed by atoms with Crippen LogP contribution in [0.15, 0.2) is 144 Å². The standard InChI is InChI=1S/C61H56N3OP/c1-12-18-43-36(13-2)33-48-56-51(43)63(42-30-25-39(26-31-42)60(6,7)8)53-45-21-16-17-22-46(45)55-54-58(53)66(56)57-49(62(48)41-28-23-38(24-29-41)59(3,4)5)34-37-19-14-15-20-44(37)52(57)64(54)47-32-27-40(61(9,10)11)35-50(47)65-55/h12-35H,2H2,1,3-11H3/b18-12-. The van der Waals surface area contributed by atoms with E-state index in [0.717, 1.165) is 44.5 Å². The van der Waals surface area contributed by atoms with Crippen molar-refractivity contribution in [1.82, 2.24) is 13.5 Å². The molecule has 0 aliphatic carbocycles. The molecule has 0 aliphatic rings. The highest BCUT2D eigenvalue weighted by Gasteiger charge is 2.31. The molecule has 326 valence electrons. The number of allylic oxidation sites excluding steroid dienone is 1. The Kier molecular flexibility index (Phi) is 8.58. The van der Waals surface area contributed by atoms with Crippen LogP contribution in [0.3, 0.4) is 0 Å². The van der Waals surface area contributed by atoms with Gasteiger partial charge in [-0.2, -0.15) is 0 Å². The lowest BCUT2D eigenvalue weighted by Gasteiger charge is -2.30. The normalized spacial score (nSPS) is 13.6. The van der Waals surface area contributed by atoms with Gasteiger partial charge in [0.1, 0.15) is 5.52 Å². The lowest BCUT2D eigenvalue weighted by Crippen LogP contribution is -2.13. The van der Waals surface area contributed by atoms with Gasteiger partial charge in [0.25, 0.3) is 0 Å². The van der Waals surface area contributed by atoms with Gasteiger partial charge < -0.3 is 18.0 Å². The van der Waals surface area contributed by atoms with E-state index < -0.39 is 7.34 Å². The second-order valence-corrected chi connectivity index (χ2v) is 23.5. The fourth-order valence-corrected chi connectivity index (χ4v) is 14.1. The summed E-state index contributed by atoms with van der Waals surface area (Å²) in [6.07, 6.45) is 6.56. The Hall–Kier alpha value is -6.74. The Morgan fingerprint density at radius 3 is 1.70 bits per heavy atom. The third-order valence-corrected chi connectivity index (χ3v) is 16.9. The molecule has 0 N–H and O–H groups in total. The first-order valence-electron chi connectivity index (χ1n) is 23.4. The minimum absolute atomic E-state index is 0.00129. The van der Waals surface area contributed by atoms with E-state index in [1.165, 1.54) is 81.4 Å². The molecular weight excluding hydrogens is 822 g/mol. The highest BCUT2D eigenvalue weighted by molar-refractivity contribution is 7.63. The second kappa shape index (κ2) is 13.9. The number of hydrogen-bond donors (Lipinski definition) is 0. The topological polar surface area (TPSA) is 27.4 Å². The van der Waals surface area contributed by atoms with Crippen LogP contribution in [0.5, 0.6) is 0 Å². The molecule has 0 radical (unpaired) electrons. The number of rotatable bonds is 4. The smallest absolute Gasteiger partial charge is 0.160 e. The quantitative estimate of drug-likeness (QED) is 0.128. The molecule has 0 bridgehead atoms. The molecule has 0 fully saturated rings. The molecule has 0 aliphatic heterocycles. The Bertz CT molecular complexity index is 4040. The number of nitrogens with zero attached hydrogens (tertiary/aromatic N) is 3. The Morgan fingerprint density at radius 1 is 0.515 bits per heavy atom. The monoisotopic (exact) mass is 877 g/mol. The van der Waals surface area contributed by atoms with Crippen molar-refractivity contribution >= 4 is 106 Å². The van der Waals surface area contributed by atoms with Crippen LogP contribution in [-0.4, -0.2) is 13.5 Å². The van der Waals surface area contributed by atoms with Gasteiger partial charge in [-0.25, -0.2) is 0 Å². The minimum atomic E-state index is -1.18. The van der Waals surface area contributed by atoms with Gasteiger partial charge in [0.05, 0.1) is 38.2 Å². The maximum absolute atomic E-state index is 7.44. The fraction of sp³-hybridized carbons (Fsp3) is 0.213. The van der Waals surface area contributed by atoms with Crippen LogP contribution in [0.2, 0.25) is 0 Å². The van der Waals surface area contributed by atoms with Gasteiger partial charge >= 0.3 is 0 Å². The Balaban J connectivity index is 1.48. The van der Waals surface area contributed by atoms with E-state index in [0.29, 0.717) is 0 Å². The van der Waals surface area contributed by atoms with Crippen LogP contribution >= 0.6 is 7.34 Å². The Morgan fingerprint density at radius 2 is 1.08 bits per heavy atom. The third kappa shape index (κ3) is 5.64. The number of benzene rings is 8. The van der Waals surface area contributed by atoms with E-state index in [1.54, 1.807) is 0 Å². The zero-order valence-electron chi connectivity index (χ0n) is 39.8. The van der Waals surface area contributed by atoms with E-state index in [1.807, 2.05) is 0 Å². The summed E-state index contributed by atoms with van der Waals surface area (Å²) in [7, 11) is -1.18. The average molecular weight is 878 g/mol. The molecule has 66 heavy (non-hydrogen) atoms. The van der Waals surface area contributed by atoms with Crippen LogP contribution in [0.1, 0.15) is 97.1 Å². The van der Waals surface area contributed by atoms with Crippen molar-refractivity contribution in [3.63, 3.8) is 0 Å². The van der Waals surface area contributed by atoms with Crippen LogP contribution in [-0.2, 0) is 16.2 Å². The van der Waals surface area contributed by atoms with Gasteiger partial charge in [-0.05, 0) is 99.3 Å². The third-order valence-electron chi connectivity index (χ3n) is 14.3. The average Bonchev–Trinajstić information content (AvgIpc) is 3.30. The van der Waals surface area contributed by atoms with Crippen LogP contribution < -0.4 is 0 Å². The van der Waals surface area contributed by atoms with Crippen molar-refractivity contribution in [3.05, 3.63) is 168 Å². The summed E-state index contributed by atoms with van der Waals surface area (Å²) in [6, 6.07) is 48.5. The molecular formula is C61H56N3OP. The molecule has 12 aromatic rings. The van der Waals surface area contributed by atoms with Crippen molar-refractivity contribution in [2.24, 2.45) is 0 Å². The van der Waals surface area contributed by atoms with Crippen molar-refractivity contribution in [2.75, 3.05) is 0 Å². The van der Waals surface area contributed by atoms with E-state index in [4.69, 9.17) is 4.42 Å². The van der Waals surface area contributed by atoms with Crippen molar-refractivity contribution in [3.8, 4) is 11.4 Å². The van der Waals surface area contributed by atoms with E-state index >= 15 is 0 Å². The van der Waals surface area contributed by atoms with Crippen LogP contribution in [0.4, 0.5) is 0 Å². The predicted molar refractivity (Wildman–Crippen MR) is 287 cm³/mol. The van der Waals surface area contributed by atoms with E-state index in [2.05, 4.69) is 235 Å². The van der Waals surface area contributed by atoms with Gasteiger partial charge in [-0.1, -0.05) is 173 Å². The number of aromatic nitrogens is 3. The maximum Gasteiger partial charge on any atom is 0.160 e. The first-order chi connectivity index (χ1) is 31.6. The fourth-order valence-electron chi connectivity index (χ4n) is 10.9. The summed E-state index contributed by atoms with van der Waals surface area (Å²) < 4.78 is 15.2. The summed E-state index contributed by atoms with van der Waals surface area (Å²) in [5, 5.41) is 8.79. The van der Waals surface area contributed by atoms with Gasteiger partial charge in [0.15, 0.2) is 11.2 Å². The molecule has 4 nitrogen and oxygen atoms in total. The molecule has 4 aromatic heterocycles. The SMILES string of the molecule is C=Cc1cc2c3c(c1/C=C\C)n(-c1ccc(C(C)(C)C)cc1)c1c4ccccc4c4oc5cc(C(C)(C)C)ccc5n5c6c7ccccc7cc(c6p3c1c45)n2-c1ccc(C(C)(C)C)cc1. The van der Waals surface area contributed by atoms with Gasteiger partial charge in [0, 0.05) is 43.3 Å². The summed E-state index contributed by atoms with van der Waals surface area (Å²) in [6.45, 7) is 27.3. The van der Waals surface area contributed by atoms with Gasteiger partial charge in [-0.3, -0.25) is 0 Å². The summed E-state index contributed by atoms with van der Waals surface area (Å²) >= 11 is 0. The molecule has 0 amide bonds. The second-order valence-electron chi connectivity index (χ2n) is 21.5. The minimum Gasteiger partial charge on any atom is -0.452 e. The van der Waals surface area contributed by atoms with Crippen molar-refractivity contribution in [1.29, 1.82) is 0 Å². The predicted octanol–water partition coefficient (Wildman–Crippen LogP) is 18.2. The molecule has 0 saturated carbocycles. The molecule has 4 heterocycles. The molecule has 5 heteroatoms. The van der Waals surface area contributed by atoms with Gasteiger partial charge in [-0.15, -0.1) is 0 Å². The van der Waals surface area contributed by atoms with Crippen LogP contribution in [0, 0.1) is 0 Å². The largest absolute Gasteiger partial charge is 0.452 e. The van der Waals surface area contributed by atoms with Crippen molar-refractivity contribution in [2.45, 2.75) is 85.5 Å². The molecule has 1 atom stereocenters. The number of fused-ring (bicyclic) bond motifs is 8. The molecule has 8 aromatic carbocycles. The van der Waals surface area contributed by atoms with Gasteiger partial charge in [0.2, 0.25) is 0 Å². The first-order valence-corrected chi connectivity index (χ1v) is 24.8. The lowest BCUT2D eigenvalue weighted by atomic mass is 9.87. The molecule has 1 unspecified atom stereocenters. The van der Waals surface area contributed by atoms with Crippen molar-refractivity contribution < 1.29 is 4.42 Å². The summed E-state index contributed by atoms with van der Waals surface area (Å²) in [4.78, 5) is 0. The number of hydrogen-bond acceptors (Lipinski definition) is 1. The van der Waals surface area contributed by atoms with E-state index in [-0.39, 0.29) is 16.2 Å². The highest BCUT2D eigenvalue weighted by Crippen LogP contribution is 2.60. The van der Waals surface area contributed by atoms with Crippen LogP contribution in [0.25, 0.3) is 110 Å². The Labute approximate surface area is 387 Å². The molecule has 0 saturated heterocycles. The first kappa shape index (κ1) is 40.7. The zero-order chi connectivity index (χ0) is 45.8. The maximum atomic E-state index is 7.44. The molecule has 0 spiro atoms. The summed E-state index contributed by atoms with van der Waals surface area (Å²) in [5.41, 5.74) is 18.5. The lowest BCUT2D eigenvalue weighted by molar-refractivity contribution is 0.586. The van der Waals surface area contributed by atoms with E-state index in [9.17, 15) is 0 Å².